The highest BCUT2D eigenvalue weighted by atomic mass is 16.5. The Morgan fingerprint density at radius 1 is 0.952 bits per heavy atom. The number of hydrogen-bond acceptors (Lipinski definition) is 3. The Morgan fingerprint density at radius 2 is 1.52 bits per heavy atom. The van der Waals surface area contributed by atoms with Gasteiger partial charge in [0, 0.05) is 16.7 Å². The molecule has 0 amide bonds. The summed E-state index contributed by atoms with van der Waals surface area (Å²) < 4.78 is 5.41. The number of carbonyl (C=O) groups excluding carboxylic acids is 2. The molecular weight excluding hydrogens is 264 g/mol. The molecule has 0 heterocycles. The molecule has 2 aromatic carbocycles. The molecular formula is C18H16O3. The van der Waals surface area contributed by atoms with Crippen molar-refractivity contribution in [2.24, 2.45) is 0 Å². The average Bonchev–Trinajstić information content (AvgIpc) is 2.71. The van der Waals surface area contributed by atoms with E-state index >= 15 is 0 Å². The first-order valence-corrected chi connectivity index (χ1v) is 6.87. The number of Topliss-reactive ketones (excluding diaryl/α,β-unsaturated/α-hetero) is 2. The number of carbonyl (C=O) groups is 2. The minimum absolute atomic E-state index is 0.138. The third kappa shape index (κ3) is 1.97. The van der Waals surface area contributed by atoms with Crippen LogP contribution < -0.4 is 4.74 Å². The van der Waals surface area contributed by atoms with Crippen molar-refractivity contribution < 1.29 is 14.3 Å². The molecule has 0 fully saturated rings. The molecule has 0 radical (unpaired) electrons. The molecule has 3 heteroatoms. The van der Waals surface area contributed by atoms with E-state index < -0.39 is 5.92 Å². The van der Waals surface area contributed by atoms with Crippen LogP contribution in [0.2, 0.25) is 0 Å². The quantitative estimate of drug-likeness (QED) is 0.791. The maximum absolute atomic E-state index is 12.6. The van der Waals surface area contributed by atoms with Crippen molar-refractivity contribution in [2.75, 3.05) is 7.11 Å². The van der Waals surface area contributed by atoms with Gasteiger partial charge >= 0.3 is 0 Å². The van der Waals surface area contributed by atoms with E-state index in [0.717, 1.165) is 11.1 Å². The molecule has 0 bridgehead atoms. The van der Waals surface area contributed by atoms with E-state index in [9.17, 15) is 9.59 Å². The van der Waals surface area contributed by atoms with E-state index in [0.29, 0.717) is 22.4 Å². The molecule has 0 unspecified atom stereocenters. The van der Waals surface area contributed by atoms with Crippen LogP contribution in [0.4, 0.5) is 0 Å². The first-order chi connectivity index (χ1) is 10.0. The predicted molar refractivity (Wildman–Crippen MR) is 80.3 cm³/mol. The first-order valence-electron chi connectivity index (χ1n) is 6.87. The first kappa shape index (κ1) is 13.6. The van der Waals surface area contributed by atoms with Crippen molar-refractivity contribution in [1.82, 2.24) is 0 Å². The second kappa shape index (κ2) is 4.85. The van der Waals surface area contributed by atoms with Crippen molar-refractivity contribution in [3.05, 3.63) is 64.2 Å². The largest absolute Gasteiger partial charge is 0.496 e. The number of rotatable bonds is 2. The Kier molecular flexibility index (Phi) is 3.13. The summed E-state index contributed by atoms with van der Waals surface area (Å²) >= 11 is 0. The summed E-state index contributed by atoms with van der Waals surface area (Å²) in [6.45, 7) is 3.88. The van der Waals surface area contributed by atoms with Crippen LogP contribution in [-0.2, 0) is 0 Å². The zero-order chi connectivity index (χ0) is 15.1. The van der Waals surface area contributed by atoms with Crippen molar-refractivity contribution >= 4 is 11.6 Å². The van der Waals surface area contributed by atoms with Gasteiger partial charge in [-0.1, -0.05) is 30.3 Å². The van der Waals surface area contributed by atoms with Gasteiger partial charge < -0.3 is 4.74 Å². The smallest absolute Gasteiger partial charge is 0.179 e. The molecule has 106 valence electrons. The van der Waals surface area contributed by atoms with Crippen LogP contribution in [0.3, 0.4) is 0 Å². The number of ether oxygens (including phenoxy) is 1. The third-order valence-corrected chi connectivity index (χ3v) is 3.98. The van der Waals surface area contributed by atoms with Crippen molar-refractivity contribution in [1.29, 1.82) is 0 Å². The molecule has 1 aliphatic carbocycles. The molecule has 0 saturated carbocycles. The lowest BCUT2D eigenvalue weighted by Gasteiger charge is -2.16. The lowest BCUT2D eigenvalue weighted by Crippen LogP contribution is -2.15. The van der Waals surface area contributed by atoms with Crippen molar-refractivity contribution in [3.8, 4) is 5.75 Å². The summed E-state index contributed by atoms with van der Waals surface area (Å²) in [5.74, 6) is -0.452. The molecule has 1 aliphatic rings. The zero-order valence-electron chi connectivity index (χ0n) is 12.3. The van der Waals surface area contributed by atoms with Gasteiger partial charge in [-0.05, 0) is 31.0 Å². The average molecular weight is 280 g/mol. The van der Waals surface area contributed by atoms with E-state index in [2.05, 4.69) is 0 Å². The fraction of sp³-hybridized carbons (Fsp3) is 0.222. The van der Waals surface area contributed by atoms with E-state index in [4.69, 9.17) is 4.74 Å². The molecule has 3 nitrogen and oxygen atoms in total. The monoisotopic (exact) mass is 280 g/mol. The van der Waals surface area contributed by atoms with Gasteiger partial charge in [-0.25, -0.2) is 0 Å². The van der Waals surface area contributed by atoms with Crippen LogP contribution in [0.25, 0.3) is 0 Å². The molecule has 0 spiro atoms. The van der Waals surface area contributed by atoms with Crippen molar-refractivity contribution in [2.45, 2.75) is 19.8 Å². The number of fused-ring (bicyclic) bond motifs is 1. The highest BCUT2D eigenvalue weighted by Crippen LogP contribution is 2.40. The molecule has 0 aromatic heterocycles. The molecule has 0 saturated heterocycles. The molecule has 2 aromatic rings. The summed E-state index contributed by atoms with van der Waals surface area (Å²) in [4.78, 5) is 25.3. The molecule has 3 rings (SSSR count). The predicted octanol–water partition coefficient (Wildman–Crippen LogP) is 3.47. The van der Waals surface area contributed by atoms with Crippen LogP contribution in [-0.4, -0.2) is 18.7 Å². The second-order valence-electron chi connectivity index (χ2n) is 5.40. The minimum atomic E-state index is -0.780. The number of aryl methyl sites for hydroxylation is 2. The number of ketones is 2. The number of methoxy groups -OCH3 is 1. The summed E-state index contributed by atoms with van der Waals surface area (Å²) in [6, 6.07) is 10.8. The SMILES string of the molecule is COc1cc(C)cc(C)c1C1C(=O)c2ccccc2C1=O. The normalized spacial score (nSPS) is 14.4. The fourth-order valence-corrected chi connectivity index (χ4v) is 3.08. The van der Waals surface area contributed by atoms with Gasteiger partial charge in [-0.3, -0.25) is 9.59 Å². The van der Waals surface area contributed by atoms with Crippen molar-refractivity contribution in [3.63, 3.8) is 0 Å². The highest BCUT2D eigenvalue weighted by Gasteiger charge is 2.41. The maximum atomic E-state index is 12.6. The maximum Gasteiger partial charge on any atom is 0.179 e. The van der Waals surface area contributed by atoms with Gasteiger partial charge in [0.05, 0.1) is 7.11 Å². The van der Waals surface area contributed by atoms with Gasteiger partial charge in [0.25, 0.3) is 0 Å². The van der Waals surface area contributed by atoms with Crippen LogP contribution in [0, 0.1) is 13.8 Å². The van der Waals surface area contributed by atoms with Crippen LogP contribution >= 0.6 is 0 Å². The van der Waals surface area contributed by atoms with Gasteiger partial charge in [-0.2, -0.15) is 0 Å². The van der Waals surface area contributed by atoms with Gasteiger partial charge in [0.2, 0.25) is 0 Å². The van der Waals surface area contributed by atoms with Gasteiger partial charge in [0.15, 0.2) is 11.6 Å². The van der Waals surface area contributed by atoms with Gasteiger partial charge in [0.1, 0.15) is 11.7 Å². The fourth-order valence-electron chi connectivity index (χ4n) is 3.08. The lowest BCUT2D eigenvalue weighted by atomic mass is 9.89. The van der Waals surface area contributed by atoms with Crippen LogP contribution in [0.15, 0.2) is 36.4 Å². The number of benzene rings is 2. The molecule has 0 aliphatic heterocycles. The Labute approximate surface area is 123 Å². The third-order valence-electron chi connectivity index (χ3n) is 3.98. The van der Waals surface area contributed by atoms with E-state index in [1.54, 1.807) is 31.4 Å². The minimum Gasteiger partial charge on any atom is -0.496 e. The molecule has 0 N–H and O–H groups in total. The van der Waals surface area contributed by atoms with Crippen LogP contribution in [0.5, 0.6) is 5.75 Å². The Hall–Kier alpha value is -2.42. The van der Waals surface area contributed by atoms with Crippen LogP contribution in [0.1, 0.15) is 43.3 Å². The Morgan fingerprint density at radius 3 is 2.05 bits per heavy atom. The summed E-state index contributed by atoms with van der Waals surface area (Å²) in [5.41, 5.74) is 3.66. The topological polar surface area (TPSA) is 43.4 Å². The van der Waals surface area contributed by atoms with Gasteiger partial charge in [-0.15, -0.1) is 0 Å². The summed E-state index contributed by atoms with van der Waals surface area (Å²) in [7, 11) is 1.56. The zero-order valence-corrected chi connectivity index (χ0v) is 12.3. The Balaban J connectivity index is 2.20. The summed E-state index contributed by atoms with van der Waals surface area (Å²) in [6.07, 6.45) is 0. The lowest BCUT2D eigenvalue weighted by molar-refractivity contribution is 0.0888. The number of hydrogen-bond donors (Lipinski definition) is 0. The Bertz CT molecular complexity index is 724. The van der Waals surface area contributed by atoms with E-state index in [-0.39, 0.29) is 11.6 Å². The van der Waals surface area contributed by atoms with E-state index in [1.165, 1.54) is 0 Å². The molecule has 21 heavy (non-hydrogen) atoms. The summed E-state index contributed by atoms with van der Waals surface area (Å²) in [5, 5.41) is 0. The second-order valence-corrected chi connectivity index (χ2v) is 5.40. The van der Waals surface area contributed by atoms with E-state index in [1.807, 2.05) is 26.0 Å². The highest BCUT2D eigenvalue weighted by molar-refractivity contribution is 6.30. The standard InChI is InChI=1S/C18H16O3/c1-10-8-11(2)15(14(9-10)21-3)16-17(19)12-6-4-5-7-13(12)18(16)20/h4-9,16H,1-3H3. The molecule has 0 atom stereocenters.